The van der Waals surface area contributed by atoms with Gasteiger partial charge in [-0.1, -0.05) is 30.3 Å². The summed E-state index contributed by atoms with van der Waals surface area (Å²) in [6.45, 7) is 0.720. The minimum absolute atomic E-state index is 0.167. The fraction of sp³-hybridized carbons (Fsp3) is 0.467. The summed E-state index contributed by atoms with van der Waals surface area (Å²) in [6, 6.07) is 9.60. The van der Waals surface area contributed by atoms with Crippen molar-refractivity contribution < 1.29 is 19.1 Å². The van der Waals surface area contributed by atoms with Gasteiger partial charge in [0.05, 0.1) is 6.61 Å². The number of esters is 2. The third kappa shape index (κ3) is 4.73. The first-order valence-electron chi connectivity index (χ1n) is 6.59. The Hall–Kier alpha value is -1.84. The Morgan fingerprint density at radius 1 is 1.26 bits per heavy atom. The molecule has 0 aliphatic carbocycles. The Morgan fingerprint density at radius 3 is 2.84 bits per heavy atom. The zero-order chi connectivity index (χ0) is 13.5. The Balaban J connectivity index is 1.73. The van der Waals surface area contributed by atoms with Gasteiger partial charge in [0.25, 0.3) is 0 Å². The van der Waals surface area contributed by atoms with Gasteiger partial charge in [0.15, 0.2) is 0 Å². The highest BCUT2D eigenvalue weighted by molar-refractivity contribution is 5.71. The van der Waals surface area contributed by atoms with Gasteiger partial charge in [-0.25, -0.2) is 0 Å². The van der Waals surface area contributed by atoms with Gasteiger partial charge in [0, 0.05) is 12.8 Å². The summed E-state index contributed by atoms with van der Waals surface area (Å²) in [4.78, 5) is 22.8. The lowest BCUT2D eigenvalue weighted by molar-refractivity contribution is -0.146. The molecule has 0 spiro atoms. The van der Waals surface area contributed by atoms with Gasteiger partial charge in [0.2, 0.25) is 0 Å². The molecule has 4 nitrogen and oxygen atoms in total. The summed E-state index contributed by atoms with van der Waals surface area (Å²) >= 11 is 0. The lowest BCUT2D eigenvalue weighted by Gasteiger charge is -2.11. The molecule has 1 aliphatic rings. The molecule has 1 atom stereocenters. The van der Waals surface area contributed by atoms with Crippen molar-refractivity contribution in [1.82, 2.24) is 0 Å². The highest BCUT2D eigenvalue weighted by Crippen LogP contribution is 2.20. The fourth-order valence-electron chi connectivity index (χ4n) is 2.11. The number of ether oxygens (including phenoxy) is 2. The number of carbonyl (C=O) groups excluding carboxylic acids is 2. The molecule has 1 aliphatic heterocycles. The summed E-state index contributed by atoms with van der Waals surface area (Å²) < 4.78 is 10.2. The van der Waals surface area contributed by atoms with E-state index in [4.69, 9.17) is 9.47 Å². The van der Waals surface area contributed by atoms with Gasteiger partial charge in [-0.05, 0) is 24.3 Å². The molecule has 0 radical (unpaired) electrons. The maximum absolute atomic E-state index is 11.7. The molecule has 0 aromatic heterocycles. The van der Waals surface area contributed by atoms with Crippen molar-refractivity contribution in [3.63, 3.8) is 0 Å². The molecule has 0 amide bonds. The van der Waals surface area contributed by atoms with Gasteiger partial charge >= 0.3 is 11.9 Å². The van der Waals surface area contributed by atoms with Crippen molar-refractivity contribution in [3.8, 4) is 0 Å². The van der Waals surface area contributed by atoms with Gasteiger partial charge in [-0.2, -0.15) is 0 Å². The topological polar surface area (TPSA) is 52.6 Å². The molecule has 1 aromatic rings. The summed E-state index contributed by atoms with van der Waals surface area (Å²) in [5.74, 6) is -0.182. The zero-order valence-corrected chi connectivity index (χ0v) is 10.8. The highest BCUT2D eigenvalue weighted by atomic mass is 16.5. The van der Waals surface area contributed by atoms with E-state index in [2.05, 4.69) is 0 Å². The van der Waals surface area contributed by atoms with Crippen molar-refractivity contribution in [2.45, 2.75) is 32.3 Å². The number of rotatable bonds is 4. The van der Waals surface area contributed by atoms with E-state index >= 15 is 0 Å². The standard InChI is InChI=1S/C15H18O4/c16-14-7-6-12(8-9-18-14)10-15(17)19-11-13-4-2-1-3-5-13/h1-5,12H,6-11H2. The lowest BCUT2D eigenvalue weighted by Crippen LogP contribution is -2.12. The van der Waals surface area contributed by atoms with Crippen molar-refractivity contribution in [3.05, 3.63) is 35.9 Å². The summed E-state index contributed by atoms with van der Waals surface area (Å²) in [5.41, 5.74) is 0.982. The number of cyclic esters (lactones) is 1. The zero-order valence-electron chi connectivity index (χ0n) is 10.8. The predicted molar refractivity (Wildman–Crippen MR) is 69.2 cm³/mol. The predicted octanol–water partition coefficient (Wildman–Crippen LogP) is 2.46. The molecule has 1 unspecified atom stereocenters. The average molecular weight is 262 g/mol. The van der Waals surface area contributed by atoms with Crippen molar-refractivity contribution >= 4 is 11.9 Å². The third-order valence-corrected chi connectivity index (χ3v) is 3.24. The van der Waals surface area contributed by atoms with E-state index in [1.807, 2.05) is 30.3 Å². The SMILES string of the molecule is O=C1CCC(CC(=O)OCc2ccccc2)CCO1. The molecule has 2 rings (SSSR count). The van der Waals surface area contributed by atoms with Crippen LogP contribution in [-0.2, 0) is 25.7 Å². The first-order chi connectivity index (χ1) is 9.24. The van der Waals surface area contributed by atoms with Crippen LogP contribution in [0.2, 0.25) is 0 Å². The van der Waals surface area contributed by atoms with Crippen LogP contribution in [0.3, 0.4) is 0 Å². The van der Waals surface area contributed by atoms with Crippen LogP contribution in [-0.4, -0.2) is 18.5 Å². The first-order valence-corrected chi connectivity index (χ1v) is 6.59. The second-order valence-electron chi connectivity index (χ2n) is 4.76. The van der Waals surface area contributed by atoms with Crippen LogP contribution in [0.4, 0.5) is 0 Å². The maximum Gasteiger partial charge on any atom is 0.306 e. The van der Waals surface area contributed by atoms with Crippen LogP contribution in [0.25, 0.3) is 0 Å². The van der Waals surface area contributed by atoms with E-state index in [-0.39, 0.29) is 17.9 Å². The van der Waals surface area contributed by atoms with E-state index in [1.165, 1.54) is 0 Å². The molecular formula is C15H18O4. The molecule has 102 valence electrons. The van der Waals surface area contributed by atoms with E-state index in [0.717, 1.165) is 12.0 Å². The monoisotopic (exact) mass is 262 g/mol. The quantitative estimate of drug-likeness (QED) is 0.782. The van der Waals surface area contributed by atoms with Crippen LogP contribution >= 0.6 is 0 Å². The molecule has 19 heavy (non-hydrogen) atoms. The molecule has 1 fully saturated rings. The number of carbonyl (C=O) groups is 2. The Kier molecular flexibility index (Phi) is 4.95. The van der Waals surface area contributed by atoms with Crippen molar-refractivity contribution in [2.75, 3.05) is 6.61 Å². The lowest BCUT2D eigenvalue weighted by atomic mass is 9.97. The largest absolute Gasteiger partial charge is 0.466 e. The van der Waals surface area contributed by atoms with E-state index in [1.54, 1.807) is 0 Å². The molecule has 0 N–H and O–H groups in total. The van der Waals surface area contributed by atoms with Gasteiger partial charge in [0.1, 0.15) is 6.61 Å². The van der Waals surface area contributed by atoms with E-state index in [9.17, 15) is 9.59 Å². The van der Waals surface area contributed by atoms with Crippen molar-refractivity contribution in [2.24, 2.45) is 5.92 Å². The van der Waals surface area contributed by atoms with Gasteiger partial charge < -0.3 is 9.47 Å². The van der Waals surface area contributed by atoms with Crippen LogP contribution < -0.4 is 0 Å². The summed E-state index contributed by atoms with van der Waals surface area (Å²) in [6.07, 6.45) is 2.21. The molecule has 1 aromatic carbocycles. The second kappa shape index (κ2) is 6.92. The Bertz CT molecular complexity index is 427. The number of hydrogen-bond acceptors (Lipinski definition) is 4. The molecule has 1 saturated heterocycles. The van der Waals surface area contributed by atoms with Crippen LogP contribution in [0, 0.1) is 5.92 Å². The van der Waals surface area contributed by atoms with Crippen LogP contribution in [0.1, 0.15) is 31.2 Å². The van der Waals surface area contributed by atoms with Gasteiger partial charge in [-0.15, -0.1) is 0 Å². The maximum atomic E-state index is 11.7. The highest BCUT2D eigenvalue weighted by Gasteiger charge is 2.20. The summed E-state index contributed by atoms with van der Waals surface area (Å²) in [7, 11) is 0. The smallest absolute Gasteiger partial charge is 0.306 e. The van der Waals surface area contributed by atoms with Gasteiger partial charge in [-0.3, -0.25) is 9.59 Å². The van der Waals surface area contributed by atoms with Crippen molar-refractivity contribution in [1.29, 1.82) is 0 Å². The fourth-order valence-corrected chi connectivity index (χ4v) is 2.11. The average Bonchev–Trinajstić information content (AvgIpc) is 2.63. The summed E-state index contributed by atoms with van der Waals surface area (Å²) in [5, 5.41) is 0. The third-order valence-electron chi connectivity index (χ3n) is 3.24. The number of hydrogen-bond donors (Lipinski definition) is 0. The minimum Gasteiger partial charge on any atom is -0.466 e. The second-order valence-corrected chi connectivity index (χ2v) is 4.76. The first kappa shape index (κ1) is 13.6. The molecule has 4 heteroatoms. The number of benzene rings is 1. The van der Waals surface area contributed by atoms with E-state index in [0.29, 0.717) is 32.5 Å². The van der Waals surface area contributed by atoms with E-state index < -0.39 is 0 Å². The minimum atomic E-state index is -0.205. The molecule has 1 heterocycles. The molecule has 0 saturated carbocycles. The molecule has 0 bridgehead atoms. The van der Waals surface area contributed by atoms with Crippen LogP contribution in [0.5, 0.6) is 0 Å². The Morgan fingerprint density at radius 2 is 2.05 bits per heavy atom. The Labute approximate surface area is 112 Å². The normalized spacial score (nSPS) is 19.4. The molecular weight excluding hydrogens is 244 g/mol. The van der Waals surface area contributed by atoms with Crippen LogP contribution in [0.15, 0.2) is 30.3 Å².